The number of nitrogens with one attached hydrogen (secondary N) is 1. The molecule has 0 saturated heterocycles. The van der Waals surface area contributed by atoms with Crippen molar-refractivity contribution in [3.8, 4) is 11.5 Å². The number of ketones is 1. The third-order valence-corrected chi connectivity index (χ3v) is 8.57. The van der Waals surface area contributed by atoms with E-state index < -0.39 is 6.04 Å². The van der Waals surface area contributed by atoms with Crippen molar-refractivity contribution in [2.24, 2.45) is 5.41 Å². The van der Waals surface area contributed by atoms with Crippen LogP contribution in [-0.2, 0) is 11.4 Å². The summed E-state index contributed by atoms with van der Waals surface area (Å²) in [5.74, 6) is 2.66. The molecular weight excluding hydrogens is 611 g/mol. The maximum Gasteiger partial charge on any atom is 0.227 e. The monoisotopic (exact) mass is 636 g/mol. The first-order valence-electron chi connectivity index (χ1n) is 12.2. The third-order valence-electron chi connectivity index (χ3n) is 6.52. The predicted octanol–water partition coefficient (Wildman–Crippen LogP) is 7.71. The van der Waals surface area contributed by atoms with Crippen LogP contribution in [0.2, 0.25) is 10.0 Å². The van der Waals surface area contributed by atoms with E-state index in [9.17, 15) is 4.79 Å². The van der Waals surface area contributed by atoms with Gasteiger partial charge in [0.05, 0.1) is 21.6 Å². The normalized spacial score (nSPS) is 18.1. The van der Waals surface area contributed by atoms with Gasteiger partial charge < -0.3 is 14.8 Å². The Balaban J connectivity index is 1.56. The van der Waals surface area contributed by atoms with E-state index in [1.54, 1.807) is 31.0 Å². The van der Waals surface area contributed by atoms with Crippen LogP contribution in [0.3, 0.4) is 0 Å². The number of fused-ring (bicyclic) bond motifs is 1. The Morgan fingerprint density at radius 1 is 1.21 bits per heavy atom. The highest BCUT2D eigenvalue weighted by molar-refractivity contribution is 9.10. The second kappa shape index (κ2) is 10.8. The molecule has 5 rings (SSSR count). The number of carbonyl (C=O) groups excluding carboxylic acids is 1. The van der Waals surface area contributed by atoms with E-state index in [1.807, 2.05) is 22.9 Å². The summed E-state index contributed by atoms with van der Waals surface area (Å²) < 4.78 is 14.4. The molecule has 200 valence electrons. The molecule has 7 nitrogen and oxygen atoms in total. The summed E-state index contributed by atoms with van der Waals surface area (Å²) in [7, 11) is 1.59. The Hall–Kier alpha value is -2.20. The SMILES string of the molecule is CCSc1nc2n(n1)C(c1cc(Br)c(OCc3ccc(Cl)c(Cl)c3)c(OC)c1)C1=C(CC(C)(C)CC1=O)N2. The number of methoxy groups -OCH3 is 1. The Morgan fingerprint density at radius 3 is 2.71 bits per heavy atom. The zero-order chi connectivity index (χ0) is 27.2. The topological polar surface area (TPSA) is 78.3 Å². The first-order chi connectivity index (χ1) is 18.1. The maximum absolute atomic E-state index is 13.5. The number of Topliss-reactive ketones (excluding diaryl/α,β-unsaturated/α-hetero) is 1. The van der Waals surface area contributed by atoms with Crippen LogP contribution in [0, 0.1) is 5.41 Å². The van der Waals surface area contributed by atoms with E-state index >= 15 is 0 Å². The number of hydrogen-bond donors (Lipinski definition) is 1. The van der Waals surface area contributed by atoms with Gasteiger partial charge in [0, 0.05) is 17.7 Å². The van der Waals surface area contributed by atoms with Crippen LogP contribution in [0.5, 0.6) is 11.5 Å². The highest BCUT2D eigenvalue weighted by Crippen LogP contribution is 2.48. The molecule has 1 aliphatic carbocycles. The van der Waals surface area contributed by atoms with Gasteiger partial charge in [0.25, 0.3) is 0 Å². The minimum absolute atomic E-state index is 0.106. The van der Waals surface area contributed by atoms with E-state index in [4.69, 9.17) is 42.8 Å². The van der Waals surface area contributed by atoms with Gasteiger partial charge in [0.15, 0.2) is 17.3 Å². The molecule has 38 heavy (non-hydrogen) atoms. The zero-order valence-electron chi connectivity index (χ0n) is 21.4. The molecule has 0 bridgehead atoms. The zero-order valence-corrected chi connectivity index (χ0v) is 25.3. The summed E-state index contributed by atoms with van der Waals surface area (Å²) in [5, 5.41) is 9.80. The van der Waals surface area contributed by atoms with Crippen LogP contribution in [0.15, 0.2) is 51.2 Å². The van der Waals surface area contributed by atoms with E-state index in [-0.39, 0.29) is 17.8 Å². The van der Waals surface area contributed by atoms with Crippen LogP contribution in [0.4, 0.5) is 5.95 Å². The fourth-order valence-corrected chi connectivity index (χ4v) is 6.36. The number of allylic oxidation sites excluding steroid dienone is 2. The number of nitrogens with zero attached hydrogens (tertiary/aromatic N) is 3. The van der Waals surface area contributed by atoms with Crippen LogP contribution in [-0.4, -0.2) is 33.4 Å². The van der Waals surface area contributed by atoms with E-state index in [0.29, 0.717) is 49.1 Å². The molecule has 0 saturated carbocycles. The summed E-state index contributed by atoms with van der Waals surface area (Å²) in [6.07, 6.45) is 1.21. The molecule has 1 unspecified atom stereocenters. The Morgan fingerprint density at radius 2 is 2.00 bits per heavy atom. The predicted molar refractivity (Wildman–Crippen MR) is 155 cm³/mol. The lowest BCUT2D eigenvalue weighted by Gasteiger charge is -2.38. The van der Waals surface area contributed by atoms with Crippen molar-refractivity contribution in [1.82, 2.24) is 14.8 Å². The molecule has 1 aromatic heterocycles. The second-order valence-corrected chi connectivity index (χ2v) is 12.9. The molecule has 2 aromatic carbocycles. The summed E-state index contributed by atoms with van der Waals surface area (Å²) in [4.78, 5) is 18.2. The van der Waals surface area contributed by atoms with Gasteiger partial charge in [-0.1, -0.05) is 61.8 Å². The number of halogens is 3. The Kier molecular flexibility index (Phi) is 7.75. The Labute approximate surface area is 244 Å². The van der Waals surface area contributed by atoms with Crippen molar-refractivity contribution in [3.63, 3.8) is 0 Å². The summed E-state index contributed by atoms with van der Waals surface area (Å²) in [5.41, 5.74) is 3.19. The van der Waals surface area contributed by atoms with E-state index in [2.05, 4.69) is 42.0 Å². The molecule has 1 aliphatic heterocycles. The molecule has 0 amide bonds. The van der Waals surface area contributed by atoms with Crippen molar-refractivity contribution < 1.29 is 14.3 Å². The quantitative estimate of drug-likeness (QED) is 0.266. The molecule has 1 N–H and O–H groups in total. The molecule has 1 atom stereocenters. The van der Waals surface area contributed by atoms with Gasteiger partial charge >= 0.3 is 0 Å². The van der Waals surface area contributed by atoms with Gasteiger partial charge in [-0.3, -0.25) is 4.79 Å². The lowest BCUT2D eigenvalue weighted by molar-refractivity contribution is -0.118. The van der Waals surface area contributed by atoms with Gasteiger partial charge in [-0.25, -0.2) is 4.68 Å². The molecule has 0 spiro atoms. The average molecular weight is 638 g/mol. The van der Waals surface area contributed by atoms with Gasteiger partial charge in [0.2, 0.25) is 11.1 Å². The summed E-state index contributed by atoms with van der Waals surface area (Å²) >= 11 is 17.5. The number of carbonyl (C=O) groups is 1. The molecule has 2 heterocycles. The van der Waals surface area contributed by atoms with Crippen LogP contribution >= 0.6 is 50.9 Å². The molecule has 0 fully saturated rings. The number of ether oxygens (including phenoxy) is 2. The minimum atomic E-state index is -0.446. The van der Waals surface area contributed by atoms with Crippen molar-refractivity contribution >= 4 is 62.6 Å². The van der Waals surface area contributed by atoms with Gasteiger partial charge in [-0.05, 0) is 68.9 Å². The number of aromatic nitrogens is 3. The number of hydrogen-bond acceptors (Lipinski definition) is 7. The van der Waals surface area contributed by atoms with Gasteiger partial charge in [-0.15, -0.1) is 5.10 Å². The highest BCUT2D eigenvalue weighted by Gasteiger charge is 2.42. The fourth-order valence-electron chi connectivity index (χ4n) is 4.91. The van der Waals surface area contributed by atoms with Crippen molar-refractivity contribution in [2.45, 2.75) is 51.4 Å². The van der Waals surface area contributed by atoms with Crippen molar-refractivity contribution in [1.29, 1.82) is 0 Å². The lowest BCUT2D eigenvalue weighted by atomic mass is 9.73. The third kappa shape index (κ3) is 5.30. The molecule has 2 aliphatic rings. The smallest absolute Gasteiger partial charge is 0.227 e. The maximum atomic E-state index is 13.5. The standard InChI is InChI=1S/C27H27BrCl2N4O3S/c1-5-38-26-32-25-31-19-11-27(2,3)12-20(35)22(19)23(34(25)33-26)15-9-16(28)24(21(10-15)36-4)37-13-14-6-7-17(29)18(30)8-14/h6-10,23H,5,11-13H2,1-4H3,(H,31,32,33). The lowest BCUT2D eigenvalue weighted by Crippen LogP contribution is -2.36. The minimum Gasteiger partial charge on any atom is -0.493 e. The van der Waals surface area contributed by atoms with Crippen molar-refractivity contribution in [2.75, 3.05) is 18.2 Å². The van der Waals surface area contributed by atoms with Gasteiger partial charge in [0.1, 0.15) is 12.6 Å². The highest BCUT2D eigenvalue weighted by atomic mass is 79.9. The van der Waals surface area contributed by atoms with Crippen molar-refractivity contribution in [3.05, 3.63) is 67.2 Å². The van der Waals surface area contributed by atoms with Crippen LogP contribution in [0.1, 0.15) is 50.8 Å². The molecular formula is C27H27BrCl2N4O3S. The van der Waals surface area contributed by atoms with Crippen LogP contribution < -0.4 is 14.8 Å². The average Bonchev–Trinajstić information content (AvgIpc) is 3.25. The van der Waals surface area contributed by atoms with E-state index in [1.165, 1.54) is 0 Å². The number of anilines is 1. The summed E-state index contributed by atoms with van der Waals surface area (Å²) in [6.45, 7) is 6.56. The summed E-state index contributed by atoms with van der Waals surface area (Å²) in [6, 6.07) is 8.79. The second-order valence-electron chi connectivity index (χ2n) is 10.0. The first-order valence-corrected chi connectivity index (χ1v) is 14.7. The molecule has 11 heteroatoms. The molecule has 0 radical (unpaired) electrons. The number of thioether (sulfide) groups is 1. The fraction of sp³-hybridized carbons (Fsp3) is 0.370. The van der Waals surface area contributed by atoms with Gasteiger partial charge in [-0.2, -0.15) is 4.98 Å². The molecule has 3 aromatic rings. The van der Waals surface area contributed by atoms with Crippen LogP contribution in [0.25, 0.3) is 0 Å². The first kappa shape index (κ1) is 27.4. The Bertz CT molecular complexity index is 1460. The number of rotatable bonds is 7. The van der Waals surface area contributed by atoms with E-state index in [0.717, 1.165) is 29.0 Å². The number of benzene rings is 2. The largest absolute Gasteiger partial charge is 0.493 e.